The lowest BCUT2D eigenvalue weighted by Crippen LogP contribution is -2.30. The average molecular weight is 141 g/mol. The molecule has 0 spiro atoms. The molecule has 0 atom stereocenters. The van der Waals surface area contributed by atoms with E-state index < -0.39 is 0 Å². The third-order valence-corrected chi connectivity index (χ3v) is 1.01. The van der Waals surface area contributed by atoms with Crippen LogP contribution in [0.3, 0.4) is 0 Å². The summed E-state index contributed by atoms with van der Waals surface area (Å²) in [7, 11) is 0. The molecule has 0 unspecified atom stereocenters. The molecule has 2 heteroatoms. The lowest BCUT2D eigenvalue weighted by molar-refractivity contribution is 0.109. The predicted octanol–water partition coefficient (Wildman–Crippen LogP) is 0.965. The molecule has 1 aliphatic heterocycles. The van der Waals surface area contributed by atoms with Crippen LogP contribution in [-0.4, -0.2) is 26.3 Å². The Balaban J connectivity index is 0.000000180. The number of ether oxygens (including phenoxy) is 1. The van der Waals surface area contributed by atoms with E-state index in [-0.39, 0.29) is 0 Å². The van der Waals surface area contributed by atoms with E-state index in [0.29, 0.717) is 0 Å². The highest BCUT2D eigenvalue weighted by Crippen LogP contribution is 1.76. The van der Waals surface area contributed by atoms with Crippen molar-refractivity contribution in [1.82, 2.24) is 5.32 Å². The van der Waals surface area contributed by atoms with Crippen LogP contribution in [0.25, 0.3) is 0 Å². The van der Waals surface area contributed by atoms with Gasteiger partial charge in [0, 0.05) is 13.1 Å². The Kier molecular flexibility index (Phi) is 7.90. The first-order valence-electron chi connectivity index (χ1n) is 3.43. The quantitative estimate of drug-likeness (QED) is 0.549. The van der Waals surface area contributed by atoms with Gasteiger partial charge in [0.1, 0.15) is 0 Å². The summed E-state index contributed by atoms with van der Waals surface area (Å²) < 4.78 is 5.01. The smallest absolute Gasteiger partial charge is 0.0591 e. The van der Waals surface area contributed by atoms with Gasteiger partial charge in [-0.3, -0.25) is 0 Å². The number of allylic oxidation sites excluding steroid dienone is 2. The fourth-order valence-corrected chi connectivity index (χ4v) is 0.516. The molecule has 1 rings (SSSR count). The lowest BCUT2D eigenvalue weighted by Gasteiger charge is -2.10. The summed E-state index contributed by atoms with van der Waals surface area (Å²) in [6, 6.07) is 0. The maximum Gasteiger partial charge on any atom is 0.0591 e. The highest BCUT2D eigenvalue weighted by Gasteiger charge is 1.92. The average Bonchev–Trinajstić information content (AvgIpc) is 2.08. The molecule has 0 saturated carbocycles. The molecular weight excluding hydrogens is 126 g/mol. The van der Waals surface area contributed by atoms with Gasteiger partial charge < -0.3 is 10.1 Å². The van der Waals surface area contributed by atoms with Crippen LogP contribution in [-0.2, 0) is 4.74 Å². The second-order valence-corrected chi connectivity index (χ2v) is 1.83. The molecule has 2 nitrogen and oxygen atoms in total. The van der Waals surface area contributed by atoms with Gasteiger partial charge in [-0.05, 0) is 0 Å². The molecule has 0 aromatic heterocycles. The van der Waals surface area contributed by atoms with Gasteiger partial charge in [-0.15, -0.1) is 0 Å². The normalized spacial score (nSPS) is 16.4. The maximum atomic E-state index is 5.01. The molecule has 10 heavy (non-hydrogen) atoms. The highest BCUT2D eigenvalue weighted by atomic mass is 16.5. The Morgan fingerprint density at radius 1 is 1.10 bits per heavy atom. The van der Waals surface area contributed by atoms with E-state index in [1.165, 1.54) is 0 Å². The van der Waals surface area contributed by atoms with Crippen molar-refractivity contribution in [1.29, 1.82) is 0 Å². The summed E-state index contributed by atoms with van der Waals surface area (Å²) in [4.78, 5) is 0. The monoisotopic (exact) mass is 141 g/mol. The van der Waals surface area contributed by atoms with Gasteiger partial charge in [-0.2, -0.15) is 0 Å². The first-order valence-corrected chi connectivity index (χ1v) is 3.43. The maximum absolute atomic E-state index is 5.01. The fraction of sp³-hybridized carbons (Fsp3) is 0.500. The number of morpholine rings is 1. The zero-order valence-electron chi connectivity index (χ0n) is 6.31. The van der Waals surface area contributed by atoms with Gasteiger partial charge in [0.25, 0.3) is 0 Å². The summed E-state index contributed by atoms with van der Waals surface area (Å²) >= 11 is 0. The third kappa shape index (κ3) is 7.40. The Morgan fingerprint density at radius 2 is 1.60 bits per heavy atom. The van der Waals surface area contributed by atoms with E-state index in [9.17, 15) is 0 Å². The molecule has 0 radical (unpaired) electrons. The van der Waals surface area contributed by atoms with Crippen molar-refractivity contribution < 1.29 is 4.74 Å². The standard InChI is InChI=1S/C4H9NO.C4H6/c1-3-6-4-2-5-1;1-3-4-2/h5H,1-4H2;3-4H,1-2H2. The highest BCUT2D eigenvalue weighted by molar-refractivity contribution is 4.88. The van der Waals surface area contributed by atoms with Gasteiger partial charge >= 0.3 is 0 Å². The van der Waals surface area contributed by atoms with Crippen LogP contribution < -0.4 is 5.32 Å². The Labute approximate surface area is 62.6 Å². The zero-order valence-corrected chi connectivity index (χ0v) is 6.31. The number of nitrogens with one attached hydrogen (secondary N) is 1. The Hall–Kier alpha value is -0.600. The van der Waals surface area contributed by atoms with Crippen LogP contribution in [0.1, 0.15) is 0 Å². The van der Waals surface area contributed by atoms with Crippen molar-refractivity contribution in [2.75, 3.05) is 26.3 Å². The van der Waals surface area contributed by atoms with E-state index in [1.807, 2.05) is 0 Å². The van der Waals surface area contributed by atoms with Crippen molar-refractivity contribution in [3.8, 4) is 0 Å². The van der Waals surface area contributed by atoms with Crippen LogP contribution in [0.15, 0.2) is 25.3 Å². The molecule has 0 aliphatic carbocycles. The predicted molar refractivity (Wildman–Crippen MR) is 44.1 cm³/mol. The first kappa shape index (κ1) is 9.40. The van der Waals surface area contributed by atoms with Crippen molar-refractivity contribution in [2.24, 2.45) is 0 Å². The van der Waals surface area contributed by atoms with Crippen molar-refractivity contribution in [3.63, 3.8) is 0 Å². The van der Waals surface area contributed by atoms with Gasteiger partial charge in [-0.25, -0.2) is 0 Å². The van der Waals surface area contributed by atoms with E-state index in [2.05, 4.69) is 18.5 Å². The van der Waals surface area contributed by atoms with E-state index in [0.717, 1.165) is 26.3 Å². The number of rotatable bonds is 1. The first-order chi connectivity index (χ1) is 4.91. The minimum absolute atomic E-state index is 0.889. The van der Waals surface area contributed by atoms with Crippen molar-refractivity contribution in [2.45, 2.75) is 0 Å². The summed E-state index contributed by atoms with van der Waals surface area (Å²) in [5, 5.41) is 3.16. The molecule has 1 heterocycles. The second kappa shape index (κ2) is 8.40. The molecule has 0 aromatic rings. The SMILES string of the molecule is C1COCCN1.C=CC=C. The molecular formula is C8H15NO. The lowest BCUT2D eigenvalue weighted by atomic mass is 10.5. The Morgan fingerprint density at radius 3 is 1.70 bits per heavy atom. The summed E-state index contributed by atoms with van der Waals surface area (Å²) in [5.41, 5.74) is 0. The van der Waals surface area contributed by atoms with Gasteiger partial charge in [0.2, 0.25) is 0 Å². The molecule has 1 N–H and O–H groups in total. The van der Waals surface area contributed by atoms with E-state index in [1.54, 1.807) is 12.2 Å². The minimum atomic E-state index is 0.889. The molecule has 0 aromatic carbocycles. The van der Waals surface area contributed by atoms with Crippen LogP contribution in [0, 0.1) is 0 Å². The molecule has 1 aliphatic rings. The van der Waals surface area contributed by atoms with E-state index >= 15 is 0 Å². The zero-order chi connectivity index (χ0) is 7.66. The Bertz CT molecular complexity index is 69.7. The van der Waals surface area contributed by atoms with Gasteiger partial charge in [-0.1, -0.05) is 25.3 Å². The number of hydrogen-bond acceptors (Lipinski definition) is 2. The molecule has 0 bridgehead atoms. The van der Waals surface area contributed by atoms with Crippen molar-refractivity contribution >= 4 is 0 Å². The fourth-order valence-electron chi connectivity index (χ4n) is 0.516. The third-order valence-electron chi connectivity index (χ3n) is 1.01. The molecule has 0 amide bonds. The van der Waals surface area contributed by atoms with Gasteiger partial charge in [0.05, 0.1) is 13.2 Å². The second-order valence-electron chi connectivity index (χ2n) is 1.83. The van der Waals surface area contributed by atoms with E-state index in [4.69, 9.17) is 4.74 Å². The molecule has 58 valence electrons. The minimum Gasteiger partial charge on any atom is -0.379 e. The molecule has 1 fully saturated rings. The van der Waals surface area contributed by atoms with Crippen LogP contribution in [0.5, 0.6) is 0 Å². The van der Waals surface area contributed by atoms with Gasteiger partial charge in [0.15, 0.2) is 0 Å². The summed E-state index contributed by atoms with van der Waals surface area (Å²) in [6.45, 7) is 10.6. The topological polar surface area (TPSA) is 21.3 Å². The number of hydrogen-bond donors (Lipinski definition) is 1. The van der Waals surface area contributed by atoms with Crippen LogP contribution in [0.2, 0.25) is 0 Å². The van der Waals surface area contributed by atoms with Crippen molar-refractivity contribution in [3.05, 3.63) is 25.3 Å². The van der Waals surface area contributed by atoms with Crippen LogP contribution >= 0.6 is 0 Å². The summed E-state index contributed by atoms with van der Waals surface area (Å²) in [5.74, 6) is 0. The van der Waals surface area contributed by atoms with Crippen LogP contribution in [0.4, 0.5) is 0 Å². The summed E-state index contributed by atoms with van der Waals surface area (Å²) in [6.07, 6.45) is 3.28. The molecule has 1 saturated heterocycles. The largest absolute Gasteiger partial charge is 0.379 e.